The molecule has 3 heterocycles. The second kappa shape index (κ2) is 12.1. The van der Waals surface area contributed by atoms with Gasteiger partial charge in [0.25, 0.3) is 0 Å². The number of likely N-dealkylation sites (tertiary alicyclic amines) is 1. The van der Waals surface area contributed by atoms with Gasteiger partial charge in [0.15, 0.2) is 0 Å². The van der Waals surface area contributed by atoms with Crippen LogP contribution in [0, 0.1) is 6.92 Å². The topological polar surface area (TPSA) is 84.1 Å². The molecule has 208 valence electrons. The normalized spacial score (nSPS) is 19.7. The van der Waals surface area contributed by atoms with Gasteiger partial charge in [0.2, 0.25) is 5.91 Å². The first-order valence-electron chi connectivity index (χ1n) is 13.5. The Hall–Kier alpha value is -3.30. The van der Waals surface area contributed by atoms with Crippen LogP contribution in [0.15, 0.2) is 74.4 Å². The molecule has 9 heteroatoms. The Balaban J connectivity index is 1.54. The van der Waals surface area contributed by atoms with E-state index < -0.39 is 5.97 Å². The minimum absolute atomic E-state index is 0.0536. The van der Waals surface area contributed by atoms with Crippen LogP contribution in [0.25, 0.3) is 17.0 Å². The summed E-state index contributed by atoms with van der Waals surface area (Å²) in [6, 6.07) is 13.8. The molecule has 1 saturated heterocycles. The molecule has 2 aromatic carbocycles. The number of carbonyl (C=O) groups excluding carboxylic acids is 2. The van der Waals surface area contributed by atoms with E-state index in [9.17, 15) is 14.7 Å². The zero-order chi connectivity index (χ0) is 28.4. The van der Waals surface area contributed by atoms with Crippen molar-refractivity contribution in [2.45, 2.75) is 52.6 Å². The highest BCUT2D eigenvalue weighted by molar-refractivity contribution is 9.10. The van der Waals surface area contributed by atoms with E-state index in [1.54, 1.807) is 6.92 Å². The number of aliphatic hydroxyl groups excluding tert-OH is 1. The molecule has 0 unspecified atom stereocenters. The molecular weight excluding hydrogens is 590 g/mol. The molecule has 5 rings (SSSR count). The number of halogens is 1. The van der Waals surface area contributed by atoms with Crippen molar-refractivity contribution in [1.29, 1.82) is 0 Å². The molecule has 0 spiro atoms. The van der Waals surface area contributed by atoms with Crippen molar-refractivity contribution < 1.29 is 19.4 Å². The van der Waals surface area contributed by atoms with E-state index in [0.717, 1.165) is 52.3 Å². The third-order valence-electron chi connectivity index (χ3n) is 7.22. The zero-order valence-electron chi connectivity index (χ0n) is 22.8. The standard InChI is InChI=1S/C31H32BrN3O4S/c1-4-39-31(38)28-29(37)26(40-30(28)33-23-11-8-19(2)9-12-23)15-21-17-34(25-13-10-22(32)16-24(21)25)18-27(36)35-14-6-5-7-20(35)3/h8-13,15-17,20,37H,4-7,14,18H2,1-3H3/b26-15-,33-30?/t20-/m0/s1. The van der Waals surface area contributed by atoms with Crippen molar-refractivity contribution in [3.63, 3.8) is 0 Å². The lowest BCUT2D eigenvalue weighted by Gasteiger charge is -2.33. The van der Waals surface area contributed by atoms with E-state index in [1.807, 2.05) is 71.1 Å². The number of aryl methyl sites for hydroxylation is 1. The van der Waals surface area contributed by atoms with Crippen molar-refractivity contribution in [2.24, 2.45) is 4.99 Å². The van der Waals surface area contributed by atoms with Gasteiger partial charge in [0.1, 0.15) is 22.9 Å². The van der Waals surface area contributed by atoms with Gasteiger partial charge < -0.3 is 19.3 Å². The highest BCUT2D eigenvalue weighted by Crippen LogP contribution is 2.41. The second-order valence-corrected chi connectivity index (χ2v) is 12.1. The molecule has 0 saturated carbocycles. The molecule has 0 bridgehead atoms. The number of carbonyl (C=O) groups is 2. The maximum absolute atomic E-state index is 13.3. The first-order chi connectivity index (χ1) is 19.2. The maximum Gasteiger partial charge on any atom is 0.344 e. The van der Waals surface area contributed by atoms with E-state index in [-0.39, 0.29) is 36.4 Å². The lowest BCUT2D eigenvalue weighted by molar-refractivity contribution is -0.138. The van der Waals surface area contributed by atoms with Gasteiger partial charge in [0.05, 0.1) is 17.2 Å². The smallest absolute Gasteiger partial charge is 0.344 e. The fraction of sp³-hybridized carbons (Fsp3) is 0.323. The number of aliphatic imine (C=N–C) groups is 1. The van der Waals surface area contributed by atoms with E-state index in [2.05, 4.69) is 27.8 Å². The molecule has 1 aromatic heterocycles. The van der Waals surface area contributed by atoms with Gasteiger partial charge >= 0.3 is 5.97 Å². The van der Waals surface area contributed by atoms with Crippen LogP contribution in [-0.2, 0) is 20.9 Å². The number of benzene rings is 2. The van der Waals surface area contributed by atoms with Crippen LogP contribution < -0.4 is 0 Å². The molecule has 0 aliphatic carbocycles. The third kappa shape index (κ3) is 5.90. The number of thioether (sulfide) groups is 1. The number of esters is 1. The average molecular weight is 623 g/mol. The summed E-state index contributed by atoms with van der Waals surface area (Å²) in [6.45, 7) is 7.03. The molecule has 40 heavy (non-hydrogen) atoms. The van der Waals surface area contributed by atoms with E-state index in [0.29, 0.717) is 15.6 Å². The Labute approximate surface area is 246 Å². The van der Waals surface area contributed by atoms with Gasteiger partial charge in [-0.15, -0.1) is 0 Å². The average Bonchev–Trinajstić information content (AvgIpc) is 3.41. The summed E-state index contributed by atoms with van der Waals surface area (Å²) in [5, 5.41) is 12.5. The van der Waals surface area contributed by atoms with Crippen LogP contribution >= 0.6 is 27.7 Å². The predicted octanol–water partition coefficient (Wildman–Crippen LogP) is 7.31. The number of ether oxygens (including phenoxy) is 1. The van der Waals surface area contributed by atoms with Crippen molar-refractivity contribution in [3.05, 3.63) is 80.5 Å². The highest BCUT2D eigenvalue weighted by atomic mass is 79.9. The fourth-order valence-corrected chi connectivity index (χ4v) is 6.50. The lowest BCUT2D eigenvalue weighted by atomic mass is 10.0. The molecule has 2 aliphatic heterocycles. The number of hydrogen-bond acceptors (Lipinski definition) is 6. The van der Waals surface area contributed by atoms with Gasteiger partial charge in [-0.1, -0.05) is 45.4 Å². The molecule has 7 nitrogen and oxygen atoms in total. The summed E-state index contributed by atoms with van der Waals surface area (Å²) in [5.41, 5.74) is 3.57. The van der Waals surface area contributed by atoms with Crippen molar-refractivity contribution in [1.82, 2.24) is 9.47 Å². The monoisotopic (exact) mass is 621 g/mol. The number of nitrogens with zero attached hydrogens (tertiary/aromatic N) is 3. The molecule has 1 N–H and O–H groups in total. The number of aromatic nitrogens is 1. The number of hydrogen-bond donors (Lipinski definition) is 1. The Kier molecular flexibility index (Phi) is 8.51. The lowest BCUT2D eigenvalue weighted by Crippen LogP contribution is -2.43. The molecule has 2 aliphatic rings. The number of aliphatic hydroxyl groups is 1. The van der Waals surface area contributed by atoms with Crippen molar-refractivity contribution in [3.8, 4) is 0 Å². The maximum atomic E-state index is 13.3. The van der Waals surface area contributed by atoms with Crippen molar-refractivity contribution >= 4 is 67.3 Å². The summed E-state index contributed by atoms with van der Waals surface area (Å²) in [5.74, 6) is -0.682. The Morgan fingerprint density at radius 2 is 1.98 bits per heavy atom. The minimum atomic E-state index is -0.617. The second-order valence-electron chi connectivity index (χ2n) is 10.1. The van der Waals surface area contributed by atoms with E-state index >= 15 is 0 Å². The molecular formula is C31H32BrN3O4S. The largest absolute Gasteiger partial charge is 0.506 e. The summed E-state index contributed by atoms with van der Waals surface area (Å²) in [4.78, 5) is 33.3. The Bertz CT molecular complexity index is 1550. The highest BCUT2D eigenvalue weighted by Gasteiger charge is 2.33. The van der Waals surface area contributed by atoms with Gasteiger partial charge in [-0.3, -0.25) is 4.79 Å². The quantitative estimate of drug-likeness (QED) is 0.292. The SMILES string of the molecule is CCOC(=O)C1=C(O)/C(=C/c2cn(CC(=O)N3CCCC[C@@H]3C)c3ccc(Br)cc23)SC1=Nc1ccc(C)cc1. The fourth-order valence-electron chi connectivity index (χ4n) is 5.12. The number of rotatable bonds is 6. The van der Waals surface area contributed by atoms with Crippen LogP contribution in [0.2, 0.25) is 0 Å². The van der Waals surface area contributed by atoms with Crippen LogP contribution in [0.4, 0.5) is 5.69 Å². The van der Waals surface area contributed by atoms with E-state index in [1.165, 1.54) is 11.8 Å². The Morgan fingerprint density at radius 1 is 1.20 bits per heavy atom. The summed E-state index contributed by atoms with van der Waals surface area (Å²) in [7, 11) is 0. The summed E-state index contributed by atoms with van der Waals surface area (Å²) < 4.78 is 8.12. The van der Waals surface area contributed by atoms with Crippen LogP contribution in [-0.4, -0.2) is 50.7 Å². The third-order valence-corrected chi connectivity index (χ3v) is 8.74. The first kappa shape index (κ1) is 28.2. The molecule has 0 radical (unpaired) electrons. The zero-order valence-corrected chi connectivity index (χ0v) is 25.2. The number of piperidine rings is 1. The number of fused-ring (bicyclic) bond motifs is 1. The summed E-state index contributed by atoms with van der Waals surface area (Å²) >= 11 is 4.79. The van der Waals surface area contributed by atoms with Crippen LogP contribution in [0.1, 0.15) is 44.2 Å². The summed E-state index contributed by atoms with van der Waals surface area (Å²) in [6.07, 6.45) is 6.99. The van der Waals surface area contributed by atoms with Crippen LogP contribution in [0.5, 0.6) is 0 Å². The predicted molar refractivity (Wildman–Crippen MR) is 165 cm³/mol. The van der Waals surface area contributed by atoms with Gasteiger partial charge in [-0.25, -0.2) is 9.79 Å². The van der Waals surface area contributed by atoms with Gasteiger partial charge in [-0.2, -0.15) is 0 Å². The number of amides is 1. The molecule has 1 fully saturated rings. The Morgan fingerprint density at radius 3 is 2.70 bits per heavy atom. The molecule has 3 aromatic rings. The van der Waals surface area contributed by atoms with Gasteiger partial charge in [-0.05, 0) is 76.4 Å². The molecule has 1 atom stereocenters. The minimum Gasteiger partial charge on any atom is -0.506 e. The van der Waals surface area contributed by atoms with Crippen LogP contribution in [0.3, 0.4) is 0 Å². The van der Waals surface area contributed by atoms with E-state index in [4.69, 9.17) is 4.74 Å². The van der Waals surface area contributed by atoms with Crippen molar-refractivity contribution in [2.75, 3.05) is 13.2 Å². The molecule has 1 amide bonds. The first-order valence-corrected chi connectivity index (χ1v) is 15.1. The van der Waals surface area contributed by atoms with Gasteiger partial charge in [0, 0.05) is 39.7 Å².